The van der Waals surface area contributed by atoms with Crippen LogP contribution in [0.15, 0.2) is 16.5 Å². The van der Waals surface area contributed by atoms with Crippen LogP contribution >= 0.6 is 0 Å². The maximum atomic E-state index is 11.2. The van der Waals surface area contributed by atoms with Crippen molar-refractivity contribution in [3.63, 3.8) is 0 Å². The smallest absolute Gasteiger partial charge is 0.383 e. The summed E-state index contributed by atoms with van der Waals surface area (Å²) in [5, 5.41) is 0. The number of Topliss-reactive ketones (excluding diaryl/α,β-unsaturated/α-hetero) is 1. The van der Waals surface area contributed by atoms with Gasteiger partial charge < -0.3 is 9.15 Å². The third kappa shape index (κ3) is 2.18. The van der Waals surface area contributed by atoms with Gasteiger partial charge in [0.2, 0.25) is 0 Å². The van der Waals surface area contributed by atoms with E-state index in [1.54, 1.807) is 19.9 Å². The molecular formula is C9H10O4. The summed E-state index contributed by atoms with van der Waals surface area (Å²) in [5.74, 6) is -1.00. The van der Waals surface area contributed by atoms with Gasteiger partial charge in [0, 0.05) is 0 Å². The summed E-state index contributed by atoms with van der Waals surface area (Å²) in [6.07, 6.45) is 0. The van der Waals surface area contributed by atoms with Crippen LogP contribution in [-0.2, 0) is 9.53 Å². The molecule has 0 amide bonds. The van der Waals surface area contributed by atoms with Gasteiger partial charge in [0.1, 0.15) is 5.76 Å². The molecule has 4 heteroatoms. The summed E-state index contributed by atoms with van der Waals surface area (Å²) in [6, 6.07) is 3.07. The number of hydrogen-bond acceptors (Lipinski definition) is 4. The number of ether oxygens (including phenoxy) is 1. The minimum absolute atomic E-state index is 0.0240. The first kappa shape index (κ1) is 9.51. The Labute approximate surface area is 75.5 Å². The van der Waals surface area contributed by atoms with E-state index in [0.29, 0.717) is 5.76 Å². The average molecular weight is 182 g/mol. The summed E-state index contributed by atoms with van der Waals surface area (Å²) in [5.41, 5.74) is 0. The van der Waals surface area contributed by atoms with Gasteiger partial charge in [-0.25, -0.2) is 4.79 Å². The van der Waals surface area contributed by atoms with Gasteiger partial charge in [0.05, 0.1) is 6.61 Å². The maximum absolute atomic E-state index is 11.2. The van der Waals surface area contributed by atoms with Crippen molar-refractivity contribution in [1.82, 2.24) is 0 Å². The normalized spacial score (nSPS) is 9.69. The Morgan fingerprint density at radius 1 is 1.46 bits per heavy atom. The standard InChI is InChI=1S/C9H10O4/c1-3-12-9(11)8(10)7-5-4-6(2)13-7/h4-5H,3H2,1-2H3. The Morgan fingerprint density at radius 3 is 2.62 bits per heavy atom. The molecular weight excluding hydrogens is 172 g/mol. The lowest BCUT2D eigenvalue weighted by Gasteiger charge is -1.96. The van der Waals surface area contributed by atoms with Gasteiger partial charge in [0.25, 0.3) is 0 Å². The van der Waals surface area contributed by atoms with E-state index in [9.17, 15) is 9.59 Å². The van der Waals surface area contributed by atoms with E-state index < -0.39 is 11.8 Å². The molecule has 0 spiro atoms. The quantitative estimate of drug-likeness (QED) is 0.402. The van der Waals surface area contributed by atoms with Crippen molar-refractivity contribution in [2.45, 2.75) is 13.8 Å². The Balaban J connectivity index is 2.73. The molecule has 0 N–H and O–H groups in total. The van der Waals surface area contributed by atoms with Crippen LogP contribution in [0.2, 0.25) is 0 Å². The second-order valence-corrected chi connectivity index (χ2v) is 2.46. The predicted molar refractivity (Wildman–Crippen MR) is 44.4 cm³/mol. The van der Waals surface area contributed by atoms with Crippen LogP contribution < -0.4 is 0 Å². The van der Waals surface area contributed by atoms with Gasteiger partial charge in [-0.2, -0.15) is 0 Å². The SMILES string of the molecule is CCOC(=O)C(=O)c1ccc(C)o1. The third-order valence-corrected chi connectivity index (χ3v) is 1.42. The molecule has 0 aliphatic rings. The van der Waals surface area contributed by atoms with Gasteiger partial charge in [-0.3, -0.25) is 4.79 Å². The molecule has 0 aliphatic heterocycles. The molecule has 0 radical (unpaired) electrons. The number of rotatable bonds is 3. The number of furan rings is 1. The Kier molecular flexibility index (Phi) is 2.84. The molecule has 0 saturated heterocycles. The van der Waals surface area contributed by atoms with Gasteiger partial charge in [-0.1, -0.05) is 0 Å². The molecule has 0 aromatic carbocycles. The van der Waals surface area contributed by atoms with Crippen LogP contribution in [0.3, 0.4) is 0 Å². The molecule has 0 unspecified atom stereocenters. The van der Waals surface area contributed by atoms with Gasteiger partial charge in [-0.05, 0) is 26.0 Å². The molecule has 0 atom stereocenters. The number of aryl methyl sites for hydroxylation is 1. The number of carbonyl (C=O) groups excluding carboxylic acids is 2. The highest BCUT2D eigenvalue weighted by Crippen LogP contribution is 2.07. The number of carbonyl (C=O) groups is 2. The fraction of sp³-hybridized carbons (Fsp3) is 0.333. The first-order valence-electron chi connectivity index (χ1n) is 3.93. The van der Waals surface area contributed by atoms with E-state index in [0.717, 1.165) is 0 Å². The molecule has 0 fully saturated rings. The third-order valence-electron chi connectivity index (χ3n) is 1.42. The van der Waals surface area contributed by atoms with Crippen molar-refractivity contribution < 1.29 is 18.7 Å². The van der Waals surface area contributed by atoms with Crippen molar-refractivity contribution in [2.24, 2.45) is 0 Å². The fourth-order valence-corrected chi connectivity index (χ4v) is 0.854. The summed E-state index contributed by atoms with van der Waals surface area (Å²) in [4.78, 5) is 22.1. The van der Waals surface area contributed by atoms with Crippen LogP contribution in [0.25, 0.3) is 0 Å². The molecule has 13 heavy (non-hydrogen) atoms. The molecule has 4 nitrogen and oxygen atoms in total. The van der Waals surface area contributed by atoms with Crippen LogP contribution in [0.1, 0.15) is 23.2 Å². The van der Waals surface area contributed by atoms with Crippen molar-refractivity contribution in [1.29, 1.82) is 0 Å². The summed E-state index contributed by atoms with van der Waals surface area (Å²) < 4.78 is 9.48. The highest BCUT2D eigenvalue weighted by molar-refractivity contribution is 6.39. The minimum atomic E-state index is -0.878. The van der Waals surface area contributed by atoms with E-state index in [1.807, 2.05) is 0 Å². The molecule has 1 rings (SSSR count). The highest BCUT2D eigenvalue weighted by atomic mass is 16.5. The Bertz CT molecular complexity index is 324. The maximum Gasteiger partial charge on any atom is 0.383 e. The molecule has 0 bridgehead atoms. The summed E-state index contributed by atoms with van der Waals surface area (Å²) in [6.45, 7) is 3.52. The topological polar surface area (TPSA) is 56.5 Å². The van der Waals surface area contributed by atoms with Crippen LogP contribution in [-0.4, -0.2) is 18.4 Å². The lowest BCUT2D eigenvalue weighted by Crippen LogP contribution is -2.16. The van der Waals surface area contributed by atoms with E-state index in [2.05, 4.69) is 4.74 Å². The zero-order valence-electron chi connectivity index (χ0n) is 7.49. The largest absolute Gasteiger partial charge is 0.460 e. The first-order chi connectivity index (χ1) is 6.15. The number of hydrogen-bond donors (Lipinski definition) is 0. The van der Waals surface area contributed by atoms with Gasteiger partial charge in [0.15, 0.2) is 5.76 Å². The van der Waals surface area contributed by atoms with Crippen LogP contribution in [0, 0.1) is 6.92 Å². The van der Waals surface area contributed by atoms with Crippen molar-refractivity contribution in [2.75, 3.05) is 6.61 Å². The van der Waals surface area contributed by atoms with Gasteiger partial charge >= 0.3 is 11.8 Å². The van der Waals surface area contributed by atoms with Gasteiger partial charge in [-0.15, -0.1) is 0 Å². The van der Waals surface area contributed by atoms with Crippen LogP contribution in [0.4, 0.5) is 0 Å². The second kappa shape index (κ2) is 3.89. The molecule has 70 valence electrons. The molecule has 1 heterocycles. The lowest BCUT2D eigenvalue weighted by molar-refractivity contribution is -0.137. The van der Waals surface area contributed by atoms with E-state index in [-0.39, 0.29) is 12.4 Å². The fourth-order valence-electron chi connectivity index (χ4n) is 0.854. The average Bonchev–Trinajstić information content (AvgIpc) is 2.51. The van der Waals surface area contributed by atoms with Crippen molar-refractivity contribution in [3.8, 4) is 0 Å². The molecule has 1 aromatic rings. The predicted octanol–water partition coefficient (Wildman–Crippen LogP) is 1.33. The van der Waals surface area contributed by atoms with E-state index in [4.69, 9.17) is 4.42 Å². The Morgan fingerprint density at radius 2 is 2.15 bits per heavy atom. The Hall–Kier alpha value is -1.58. The first-order valence-corrected chi connectivity index (χ1v) is 3.93. The minimum Gasteiger partial charge on any atom is -0.460 e. The molecule has 0 saturated carbocycles. The van der Waals surface area contributed by atoms with Crippen molar-refractivity contribution in [3.05, 3.63) is 23.7 Å². The van der Waals surface area contributed by atoms with E-state index >= 15 is 0 Å². The summed E-state index contributed by atoms with van der Waals surface area (Å²) in [7, 11) is 0. The second-order valence-electron chi connectivity index (χ2n) is 2.46. The van der Waals surface area contributed by atoms with E-state index in [1.165, 1.54) is 6.07 Å². The van der Waals surface area contributed by atoms with Crippen molar-refractivity contribution >= 4 is 11.8 Å². The molecule has 1 aromatic heterocycles. The van der Waals surface area contributed by atoms with Crippen LogP contribution in [0.5, 0.6) is 0 Å². The monoisotopic (exact) mass is 182 g/mol. The molecule has 0 aliphatic carbocycles. The summed E-state index contributed by atoms with van der Waals surface area (Å²) >= 11 is 0. The number of ketones is 1. The number of esters is 1. The lowest BCUT2D eigenvalue weighted by atomic mass is 10.3. The zero-order chi connectivity index (χ0) is 9.84. The zero-order valence-corrected chi connectivity index (χ0v) is 7.49. The highest BCUT2D eigenvalue weighted by Gasteiger charge is 2.20.